The summed E-state index contributed by atoms with van der Waals surface area (Å²) in [4.78, 5) is 12.3. The van der Waals surface area contributed by atoms with Gasteiger partial charge < -0.3 is 19.5 Å². The molecular formula is C21H24INO4. The topological polar surface area (TPSA) is 56.8 Å². The van der Waals surface area contributed by atoms with Crippen LogP contribution in [0, 0.1) is 3.57 Å². The van der Waals surface area contributed by atoms with Gasteiger partial charge in [-0.1, -0.05) is 12.1 Å². The van der Waals surface area contributed by atoms with Crippen molar-refractivity contribution < 1.29 is 19.0 Å². The Bertz CT molecular complexity index is 740. The molecule has 1 saturated heterocycles. The number of nitrogens with one attached hydrogen (secondary N) is 1. The Kier molecular flexibility index (Phi) is 6.95. The van der Waals surface area contributed by atoms with E-state index in [-0.39, 0.29) is 17.9 Å². The summed E-state index contributed by atoms with van der Waals surface area (Å²) in [5.74, 6) is 1.41. The third kappa shape index (κ3) is 5.35. The number of halogens is 1. The molecule has 5 nitrogen and oxygen atoms in total. The van der Waals surface area contributed by atoms with Gasteiger partial charge in [0.2, 0.25) is 0 Å². The highest BCUT2D eigenvalue weighted by molar-refractivity contribution is 14.1. The third-order valence-electron chi connectivity index (χ3n) is 4.96. The quantitative estimate of drug-likeness (QED) is 0.615. The first-order valence-electron chi connectivity index (χ1n) is 8.99. The van der Waals surface area contributed by atoms with Crippen LogP contribution in [0.1, 0.15) is 18.4 Å². The van der Waals surface area contributed by atoms with Gasteiger partial charge in [-0.3, -0.25) is 4.79 Å². The van der Waals surface area contributed by atoms with E-state index >= 15 is 0 Å². The van der Waals surface area contributed by atoms with Crippen LogP contribution in [0.5, 0.6) is 11.5 Å². The summed E-state index contributed by atoms with van der Waals surface area (Å²) in [6.45, 7) is 1.97. The van der Waals surface area contributed by atoms with Crippen molar-refractivity contribution in [1.82, 2.24) is 5.32 Å². The summed E-state index contributed by atoms with van der Waals surface area (Å²) in [7, 11) is 1.66. The molecular weight excluding hydrogens is 457 g/mol. The van der Waals surface area contributed by atoms with Crippen LogP contribution >= 0.6 is 22.6 Å². The molecule has 1 N–H and O–H groups in total. The number of hydrogen-bond acceptors (Lipinski definition) is 4. The average Bonchev–Trinajstić information content (AvgIpc) is 2.72. The molecule has 0 aromatic heterocycles. The van der Waals surface area contributed by atoms with E-state index in [2.05, 4.69) is 40.0 Å². The van der Waals surface area contributed by atoms with Gasteiger partial charge in [-0.2, -0.15) is 0 Å². The molecule has 0 spiro atoms. The molecule has 0 saturated carbocycles. The molecule has 144 valence electrons. The highest BCUT2D eigenvalue weighted by atomic mass is 127. The third-order valence-corrected chi connectivity index (χ3v) is 5.68. The summed E-state index contributed by atoms with van der Waals surface area (Å²) in [6.07, 6.45) is 1.75. The summed E-state index contributed by atoms with van der Waals surface area (Å²) in [5, 5.41) is 3.05. The smallest absolute Gasteiger partial charge is 0.257 e. The molecule has 1 fully saturated rings. The van der Waals surface area contributed by atoms with Gasteiger partial charge in [-0.25, -0.2) is 0 Å². The second-order valence-electron chi connectivity index (χ2n) is 6.64. The molecule has 1 aliphatic heterocycles. The van der Waals surface area contributed by atoms with Crippen LogP contribution in [0.4, 0.5) is 0 Å². The maximum absolute atomic E-state index is 12.3. The van der Waals surface area contributed by atoms with Crippen LogP contribution in [-0.2, 0) is 14.9 Å². The van der Waals surface area contributed by atoms with E-state index in [0.717, 1.165) is 22.2 Å². The Morgan fingerprint density at radius 2 is 1.70 bits per heavy atom. The summed E-state index contributed by atoms with van der Waals surface area (Å²) >= 11 is 2.23. The molecule has 0 atom stereocenters. The fourth-order valence-electron chi connectivity index (χ4n) is 3.27. The van der Waals surface area contributed by atoms with Crippen LogP contribution in [0.25, 0.3) is 0 Å². The standard InChI is InChI=1S/C21H24INO4/c1-25-18-6-2-16(3-7-18)21(10-12-26-13-11-21)15-23-20(24)14-27-19-8-4-17(22)5-9-19/h2-9H,10-15H2,1H3,(H,23,24). The van der Waals surface area contributed by atoms with Crippen molar-refractivity contribution in [1.29, 1.82) is 0 Å². The summed E-state index contributed by atoms with van der Waals surface area (Å²) in [6, 6.07) is 15.7. The number of carbonyl (C=O) groups excluding carboxylic acids is 1. The van der Waals surface area contributed by atoms with Gasteiger partial charge in [0.15, 0.2) is 6.61 Å². The molecule has 0 radical (unpaired) electrons. The first-order valence-corrected chi connectivity index (χ1v) is 10.1. The first-order chi connectivity index (χ1) is 13.1. The van der Waals surface area contributed by atoms with Crippen LogP contribution < -0.4 is 14.8 Å². The van der Waals surface area contributed by atoms with Gasteiger partial charge in [0.05, 0.1) is 7.11 Å². The summed E-state index contributed by atoms with van der Waals surface area (Å²) < 4.78 is 17.5. The largest absolute Gasteiger partial charge is 0.497 e. The van der Waals surface area contributed by atoms with Crippen molar-refractivity contribution >= 4 is 28.5 Å². The Morgan fingerprint density at radius 1 is 1.07 bits per heavy atom. The lowest BCUT2D eigenvalue weighted by Crippen LogP contribution is -2.45. The van der Waals surface area contributed by atoms with Gasteiger partial charge >= 0.3 is 0 Å². The zero-order valence-electron chi connectivity index (χ0n) is 15.4. The van der Waals surface area contributed by atoms with Crippen molar-refractivity contribution in [2.45, 2.75) is 18.3 Å². The molecule has 0 unspecified atom stereocenters. The minimum absolute atomic E-state index is 0.00971. The number of carbonyl (C=O) groups is 1. The molecule has 1 aliphatic rings. The Balaban J connectivity index is 1.60. The molecule has 2 aromatic carbocycles. The number of hydrogen-bond donors (Lipinski definition) is 1. The van der Waals surface area contributed by atoms with E-state index in [1.54, 1.807) is 7.11 Å². The maximum atomic E-state index is 12.3. The van der Waals surface area contributed by atoms with Gasteiger partial charge in [0.25, 0.3) is 5.91 Å². The lowest BCUT2D eigenvalue weighted by molar-refractivity contribution is -0.123. The second-order valence-corrected chi connectivity index (χ2v) is 7.89. The van der Waals surface area contributed by atoms with E-state index in [9.17, 15) is 4.79 Å². The Morgan fingerprint density at radius 3 is 2.33 bits per heavy atom. The van der Waals surface area contributed by atoms with Crippen LogP contribution in [0.3, 0.4) is 0 Å². The van der Waals surface area contributed by atoms with Crippen LogP contribution in [0.2, 0.25) is 0 Å². The van der Waals surface area contributed by atoms with Crippen LogP contribution in [0.15, 0.2) is 48.5 Å². The van der Waals surface area contributed by atoms with E-state index in [1.165, 1.54) is 5.56 Å². The van der Waals surface area contributed by atoms with E-state index in [1.807, 2.05) is 36.4 Å². The van der Waals surface area contributed by atoms with Crippen molar-refractivity contribution in [2.75, 3.05) is 33.5 Å². The highest BCUT2D eigenvalue weighted by Crippen LogP contribution is 2.35. The average molecular weight is 481 g/mol. The van der Waals surface area contributed by atoms with E-state index in [0.29, 0.717) is 25.5 Å². The zero-order chi connectivity index (χ0) is 19.1. The number of methoxy groups -OCH3 is 1. The molecule has 0 aliphatic carbocycles. The molecule has 27 heavy (non-hydrogen) atoms. The maximum Gasteiger partial charge on any atom is 0.257 e. The van der Waals surface area contributed by atoms with Crippen molar-refractivity contribution in [3.8, 4) is 11.5 Å². The van der Waals surface area contributed by atoms with Crippen molar-refractivity contribution in [3.63, 3.8) is 0 Å². The predicted octanol–water partition coefficient (Wildman–Crippen LogP) is 3.54. The van der Waals surface area contributed by atoms with Crippen molar-refractivity contribution in [3.05, 3.63) is 57.7 Å². The first kappa shape index (κ1) is 19.9. The van der Waals surface area contributed by atoms with E-state index in [4.69, 9.17) is 14.2 Å². The fraction of sp³-hybridized carbons (Fsp3) is 0.381. The number of rotatable bonds is 7. The van der Waals surface area contributed by atoms with E-state index < -0.39 is 0 Å². The minimum atomic E-state index is -0.122. The van der Waals surface area contributed by atoms with Crippen LogP contribution in [-0.4, -0.2) is 39.4 Å². The minimum Gasteiger partial charge on any atom is -0.497 e. The monoisotopic (exact) mass is 481 g/mol. The molecule has 6 heteroatoms. The predicted molar refractivity (Wildman–Crippen MR) is 112 cm³/mol. The number of benzene rings is 2. The van der Waals surface area contributed by atoms with Gasteiger partial charge in [0, 0.05) is 28.7 Å². The molecule has 0 bridgehead atoms. The molecule has 3 rings (SSSR count). The Hall–Kier alpha value is -1.80. The highest BCUT2D eigenvalue weighted by Gasteiger charge is 2.34. The molecule has 1 heterocycles. The van der Waals surface area contributed by atoms with Gasteiger partial charge in [-0.15, -0.1) is 0 Å². The SMILES string of the molecule is COc1ccc(C2(CNC(=O)COc3ccc(I)cc3)CCOCC2)cc1. The second kappa shape index (κ2) is 9.41. The molecule has 1 amide bonds. The van der Waals surface area contributed by atoms with Gasteiger partial charge in [0.1, 0.15) is 11.5 Å². The Labute approximate surface area is 173 Å². The lowest BCUT2D eigenvalue weighted by atomic mass is 9.74. The number of amides is 1. The van der Waals surface area contributed by atoms with Crippen molar-refractivity contribution in [2.24, 2.45) is 0 Å². The fourth-order valence-corrected chi connectivity index (χ4v) is 3.63. The lowest BCUT2D eigenvalue weighted by Gasteiger charge is -2.38. The summed E-state index contributed by atoms with van der Waals surface area (Å²) in [5.41, 5.74) is 1.08. The molecule has 2 aromatic rings. The zero-order valence-corrected chi connectivity index (χ0v) is 17.5. The van der Waals surface area contributed by atoms with Gasteiger partial charge in [-0.05, 0) is 77.4 Å². The number of ether oxygens (including phenoxy) is 3. The normalized spacial score (nSPS) is 15.8.